The van der Waals surface area contributed by atoms with Crippen LogP contribution in [0.25, 0.3) is 17.1 Å². The summed E-state index contributed by atoms with van der Waals surface area (Å²) in [4.78, 5) is 4.50. The molecular formula is C22H23F5N4O3. The number of aryl methyl sites for hydroxylation is 1. The molecule has 12 heteroatoms. The van der Waals surface area contributed by atoms with Crippen molar-refractivity contribution in [3.05, 3.63) is 54.1 Å². The molecule has 0 aliphatic carbocycles. The number of hydrogen-bond donors (Lipinski definition) is 1. The molecule has 3 rings (SSSR count). The van der Waals surface area contributed by atoms with Crippen molar-refractivity contribution in [3.8, 4) is 22.8 Å². The van der Waals surface area contributed by atoms with Crippen molar-refractivity contribution in [1.82, 2.24) is 14.8 Å². The number of nitrogens with one attached hydrogen (secondary N) is 1. The maximum Gasteiger partial charge on any atom is 0.499 e. The fourth-order valence-corrected chi connectivity index (χ4v) is 2.77. The second-order valence-corrected chi connectivity index (χ2v) is 7.18. The molecule has 7 nitrogen and oxygen atoms in total. The van der Waals surface area contributed by atoms with Crippen LogP contribution in [0, 0.1) is 6.92 Å². The number of nitrogens with zero attached hydrogens (tertiary/aromatic N) is 3. The van der Waals surface area contributed by atoms with Crippen molar-refractivity contribution in [2.75, 3.05) is 38.8 Å². The lowest BCUT2D eigenvalue weighted by Gasteiger charge is -2.20. The highest BCUT2D eigenvalue weighted by Crippen LogP contribution is 2.37. The molecule has 0 atom stereocenters. The molecule has 1 aromatic heterocycles. The fourth-order valence-electron chi connectivity index (χ4n) is 2.77. The third kappa shape index (κ3) is 6.41. The standard InChI is InChI=1S/C22H23F5N4O3/c1-15-3-5-16(6-4-15)19-29-20(28-11-12-33-14-13-32-2)31(30-19)17-7-9-18(10-8-17)34-22(26,27)21(23,24)25/h3-10H,11-14H2,1-2H3,(H,28,29,30). The van der Waals surface area contributed by atoms with Crippen LogP contribution < -0.4 is 10.1 Å². The number of aromatic nitrogens is 3. The number of benzene rings is 2. The fraction of sp³-hybridized carbons (Fsp3) is 0.364. The third-order valence-electron chi connectivity index (χ3n) is 4.54. The number of halogens is 5. The van der Waals surface area contributed by atoms with Crippen LogP contribution in [0.2, 0.25) is 0 Å². The van der Waals surface area contributed by atoms with Crippen LogP contribution in [0.1, 0.15) is 5.56 Å². The number of alkyl halides is 5. The van der Waals surface area contributed by atoms with E-state index in [0.29, 0.717) is 43.8 Å². The summed E-state index contributed by atoms with van der Waals surface area (Å²) >= 11 is 0. The average molecular weight is 486 g/mol. The monoisotopic (exact) mass is 486 g/mol. The smallest absolute Gasteiger partial charge is 0.426 e. The van der Waals surface area contributed by atoms with Gasteiger partial charge in [0.25, 0.3) is 0 Å². The first-order chi connectivity index (χ1) is 16.1. The van der Waals surface area contributed by atoms with Gasteiger partial charge in [-0.25, -0.2) is 0 Å². The Morgan fingerprint density at radius 1 is 0.912 bits per heavy atom. The van der Waals surface area contributed by atoms with Gasteiger partial charge in [-0.3, -0.25) is 0 Å². The first-order valence-electron chi connectivity index (χ1n) is 10.2. The van der Waals surface area contributed by atoms with Crippen LogP contribution in [-0.4, -0.2) is 60.5 Å². The Kier molecular flexibility index (Phi) is 8.05. The molecule has 34 heavy (non-hydrogen) atoms. The zero-order valence-electron chi connectivity index (χ0n) is 18.4. The normalized spacial score (nSPS) is 12.1. The molecule has 0 radical (unpaired) electrons. The van der Waals surface area contributed by atoms with E-state index in [4.69, 9.17) is 9.47 Å². The number of anilines is 1. The first-order valence-corrected chi connectivity index (χ1v) is 10.2. The molecule has 3 aromatic rings. The van der Waals surface area contributed by atoms with Gasteiger partial charge in [-0.1, -0.05) is 29.8 Å². The Bertz CT molecular complexity index is 1050. The molecule has 0 aliphatic rings. The highest BCUT2D eigenvalue weighted by molar-refractivity contribution is 5.58. The van der Waals surface area contributed by atoms with E-state index in [1.54, 1.807) is 7.11 Å². The molecule has 1 heterocycles. The largest absolute Gasteiger partial charge is 0.499 e. The summed E-state index contributed by atoms with van der Waals surface area (Å²) in [6.45, 7) is 3.56. The van der Waals surface area contributed by atoms with Gasteiger partial charge in [-0.05, 0) is 31.2 Å². The number of rotatable bonds is 11. The molecule has 0 saturated heterocycles. The average Bonchev–Trinajstić information content (AvgIpc) is 3.20. The zero-order valence-corrected chi connectivity index (χ0v) is 18.4. The Balaban J connectivity index is 1.82. The topological polar surface area (TPSA) is 70.4 Å². The van der Waals surface area contributed by atoms with Crippen molar-refractivity contribution in [2.45, 2.75) is 19.2 Å². The van der Waals surface area contributed by atoms with Gasteiger partial charge in [0.05, 0.1) is 25.5 Å². The minimum atomic E-state index is -5.83. The lowest BCUT2D eigenvalue weighted by molar-refractivity contribution is -0.360. The van der Waals surface area contributed by atoms with E-state index < -0.39 is 18.0 Å². The van der Waals surface area contributed by atoms with Crippen molar-refractivity contribution in [2.24, 2.45) is 0 Å². The Morgan fingerprint density at radius 2 is 1.59 bits per heavy atom. The molecule has 2 aromatic carbocycles. The van der Waals surface area contributed by atoms with Gasteiger partial charge < -0.3 is 19.5 Å². The van der Waals surface area contributed by atoms with Gasteiger partial charge in [0, 0.05) is 19.2 Å². The van der Waals surface area contributed by atoms with Gasteiger partial charge in [-0.2, -0.15) is 31.6 Å². The second-order valence-electron chi connectivity index (χ2n) is 7.18. The van der Waals surface area contributed by atoms with Crippen LogP contribution in [0.3, 0.4) is 0 Å². The van der Waals surface area contributed by atoms with E-state index in [1.807, 2.05) is 31.2 Å². The Morgan fingerprint density at radius 3 is 2.21 bits per heavy atom. The molecule has 0 bridgehead atoms. The molecule has 0 unspecified atom stereocenters. The van der Waals surface area contributed by atoms with Crippen molar-refractivity contribution >= 4 is 5.95 Å². The number of ether oxygens (including phenoxy) is 3. The summed E-state index contributed by atoms with van der Waals surface area (Å²) in [6.07, 6.45) is -11.1. The maximum atomic E-state index is 13.2. The lowest BCUT2D eigenvalue weighted by atomic mass is 10.1. The third-order valence-corrected chi connectivity index (χ3v) is 4.54. The molecule has 0 spiro atoms. The highest BCUT2D eigenvalue weighted by Gasteiger charge is 2.61. The highest BCUT2D eigenvalue weighted by atomic mass is 19.4. The first kappa shape index (κ1) is 25.4. The van der Waals surface area contributed by atoms with Gasteiger partial charge in [0.2, 0.25) is 5.95 Å². The SMILES string of the molecule is COCCOCCNc1nc(-c2ccc(C)cc2)nn1-c1ccc(OC(F)(F)C(F)(F)F)cc1. The predicted molar refractivity (Wildman–Crippen MR) is 114 cm³/mol. The molecule has 0 fully saturated rings. The van der Waals surface area contributed by atoms with Crippen LogP contribution >= 0.6 is 0 Å². The van der Waals surface area contributed by atoms with Crippen molar-refractivity contribution < 1.29 is 36.2 Å². The maximum absolute atomic E-state index is 13.2. The molecule has 0 aliphatic heterocycles. The van der Waals surface area contributed by atoms with Gasteiger partial charge in [0.1, 0.15) is 5.75 Å². The summed E-state index contributed by atoms with van der Waals surface area (Å²) in [5, 5.41) is 7.55. The molecule has 0 amide bonds. The van der Waals surface area contributed by atoms with E-state index in [9.17, 15) is 22.0 Å². The quantitative estimate of drug-likeness (QED) is 0.309. The van der Waals surface area contributed by atoms with E-state index >= 15 is 0 Å². The van der Waals surface area contributed by atoms with Crippen LogP contribution in [0.5, 0.6) is 5.75 Å². The summed E-state index contributed by atoms with van der Waals surface area (Å²) in [5.41, 5.74) is 2.17. The van der Waals surface area contributed by atoms with E-state index in [-0.39, 0.29) is 0 Å². The van der Waals surface area contributed by atoms with E-state index in [1.165, 1.54) is 16.8 Å². The Hall–Kier alpha value is -3.25. The summed E-state index contributed by atoms with van der Waals surface area (Å²) in [7, 11) is 1.57. The summed E-state index contributed by atoms with van der Waals surface area (Å²) in [5.74, 6) is 0.0814. The van der Waals surface area contributed by atoms with E-state index in [2.05, 4.69) is 20.1 Å². The molecular weight excluding hydrogens is 463 g/mol. The van der Waals surface area contributed by atoms with E-state index in [0.717, 1.165) is 23.3 Å². The molecule has 1 N–H and O–H groups in total. The van der Waals surface area contributed by atoms with Crippen LogP contribution in [0.15, 0.2) is 48.5 Å². The minimum Gasteiger partial charge on any atom is -0.426 e. The predicted octanol–water partition coefficient (Wildman–Crippen LogP) is 4.85. The summed E-state index contributed by atoms with van der Waals surface area (Å²) < 4.78 is 79.1. The van der Waals surface area contributed by atoms with Crippen molar-refractivity contribution in [1.29, 1.82) is 0 Å². The number of hydrogen-bond acceptors (Lipinski definition) is 6. The zero-order chi connectivity index (χ0) is 24.8. The van der Waals surface area contributed by atoms with Crippen molar-refractivity contribution in [3.63, 3.8) is 0 Å². The molecule has 0 saturated carbocycles. The molecule has 184 valence electrons. The van der Waals surface area contributed by atoms with Gasteiger partial charge >= 0.3 is 12.3 Å². The van der Waals surface area contributed by atoms with Gasteiger partial charge in [0.15, 0.2) is 5.82 Å². The van der Waals surface area contributed by atoms with Crippen LogP contribution in [-0.2, 0) is 9.47 Å². The number of methoxy groups -OCH3 is 1. The minimum absolute atomic E-state index is 0.334. The van der Waals surface area contributed by atoms with Gasteiger partial charge in [-0.15, -0.1) is 5.10 Å². The van der Waals surface area contributed by atoms with Crippen LogP contribution in [0.4, 0.5) is 27.9 Å². The summed E-state index contributed by atoms with van der Waals surface area (Å²) in [6, 6.07) is 12.1. The Labute approximate surface area is 192 Å². The lowest BCUT2D eigenvalue weighted by Crippen LogP contribution is -2.41. The second kappa shape index (κ2) is 10.8.